The molecule has 2 fully saturated rings. The van der Waals surface area contributed by atoms with Crippen molar-refractivity contribution in [2.24, 2.45) is 0 Å². The lowest BCUT2D eigenvalue weighted by Crippen LogP contribution is -2.50. The second-order valence-electron chi connectivity index (χ2n) is 8.26. The molecule has 2 aliphatic heterocycles. The first kappa shape index (κ1) is 24.8. The van der Waals surface area contributed by atoms with Crippen LogP contribution >= 0.6 is 11.6 Å². The molecule has 3 heterocycles. The number of amides is 1. The van der Waals surface area contributed by atoms with Gasteiger partial charge < -0.3 is 24.7 Å². The van der Waals surface area contributed by atoms with E-state index < -0.39 is 34.4 Å². The molecule has 184 valence electrons. The Morgan fingerprint density at radius 2 is 1.74 bits per heavy atom. The molecule has 2 aromatic rings. The number of sulfonamides is 1. The molecule has 1 aromatic carbocycles. The first-order chi connectivity index (χ1) is 16.2. The first-order valence-electron chi connectivity index (χ1n) is 11.0. The minimum absolute atomic E-state index is 0.0153. The van der Waals surface area contributed by atoms with Gasteiger partial charge in [0.25, 0.3) is 0 Å². The molecule has 12 heteroatoms. The standard InChI is InChI=1S/C22H27ClN4O6S/c23-15-4-6-16(7-5-15)34(31,32)25-14-18-22(30)21(29)17(33-18)13-20(28)27-11-9-26(10-12-27)19-3-1-2-8-24-19/h1-8,17-18,21-22,25,29-30H,9-14H2. The van der Waals surface area contributed by atoms with E-state index in [-0.39, 0.29) is 23.8 Å². The normalized spacial score (nSPS) is 25.5. The summed E-state index contributed by atoms with van der Waals surface area (Å²) in [6.45, 7) is 2.02. The van der Waals surface area contributed by atoms with Crippen LogP contribution < -0.4 is 9.62 Å². The minimum atomic E-state index is -3.86. The van der Waals surface area contributed by atoms with Crippen molar-refractivity contribution >= 4 is 33.3 Å². The van der Waals surface area contributed by atoms with Crippen LogP contribution in [0.5, 0.6) is 0 Å². The van der Waals surface area contributed by atoms with Crippen LogP contribution in [0.4, 0.5) is 5.82 Å². The van der Waals surface area contributed by atoms with Gasteiger partial charge >= 0.3 is 0 Å². The number of rotatable bonds is 7. The molecule has 1 aromatic heterocycles. The van der Waals surface area contributed by atoms with E-state index in [1.54, 1.807) is 11.1 Å². The Morgan fingerprint density at radius 1 is 1.06 bits per heavy atom. The summed E-state index contributed by atoms with van der Waals surface area (Å²) in [6.07, 6.45) is -2.93. The summed E-state index contributed by atoms with van der Waals surface area (Å²) >= 11 is 5.79. The van der Waals surface area contributed by atoms with Crippen molar-refractivity contribution in [3.05, 3.63) is 53.7 Å². The van der Waals surface area contributed by atoms with Crippen LogP contribution in [0.15, 0.2) is 53.6 Å². The molecule has 0 spiro atoms. The summed E-state index contributed by atoms with van der Waals surface area (Å²) in [7, 11) is -3.86. The third-order valence-electron chi connectivity index (χ3n) is 6.04. The molecule has 2 aliphatic rings. The van der Waals surface area contributed by atoms with E-state index in [2.05, 4.69) is 14.6 Å². The average molecular weight is 511 g/mol. The molecule has 3 N–H and O–H groups in total. The summed E-state index contributed by atoms with van der Waals surface area (Å²) in [6, 6.07) is 11.3. The van der Waals surface area contributed by atoms with Crippen LogP contribution in [-0.4, -0.2) is 91.6 Å². The average Bonchev–Trinajstić information content (AvgIpc) is 3.11. The van der Waals surface area contributed by atoms with E-state index in [9.17, 15) is 23.4 Å². The summed E-state index contributed by atoms with van der Waals surface area (Å²) in [5.74, 6) is 0.662. The van der Waals surface area contributed by atoms with Gasteiger partial charge in [-0.3, -0.25) is 4.79 Å². The van der Waals surface area contributed by atoms with Gasteiger partial charge in [0.05, 0.1) is 17.4 Å². The fraction of sp³-hybridized carbons (Fsp3) is 0.455. The monoisotopic (exact) mass is 510 g/mol. The number of nitrogens with one attached hydrogen (secondary N) is 1. The Morgan fingerprint density at radius 3 is 2.38 bits per heavy atom. The van der Waals surface area contributed by atoms with Crippen LogP contribution in [0.1, 0.15) is 6.42 Å². The molecule has 0 bridgehead atoms. The number of nitrogens with zero attached hydrogens (tertiary/aromatic N) is 3. The third-order valence-corrected chi connectivity index (χ3v) is 7.73. The maximum atomic E-state index is 12.8. The number of aliphatic hydroxyl groups excluding tert-OH is 2. The number of halogens is 1. The number of benzene rings is 1. The smallest absolute Gasteiger partial charge is 0.240 e. The summed E-state index contributed by atoms with van der Waals surface area (Å²) < 4.78 is 33.0. The highest BCUT2D eigenvalue weighted by Gasteiger charge is 2.44. The maximum Gasteiger partial charge on any atom is 0.240 e. The molecule has 0 saturated carbocycles. The second kappa shape index (κ2) is 10.5. The molecule has 1 amide bonds. The highest BCUT2D eigenvalue weighted by Crippen LogP contribution is 2.25. The molecule has 2 saturated heterocycles. The zero-order chi connectivity index (χ0) is 24.3. The van der Waals surface area contributed by atoms with Crippen LogP contribution in [-0.2, 0) is 19.6 Å². The van der Waals surface area contributed by atoms with E-state index in [1.807, 2.05) is 18.2 Å². The van der Waals surface area contributed by atoms with Gasteiger partial charge in [-0.05, 0) is 36.4 Å². The van der Waals surface area contributed by atoms with Crippen LogP contribution in [0.3, 0.4) is 0 Å². The lowest BCUT2D eigenvalue weighted by molar-refractivity contribution is -0.135. The van der Waals surface area contributed by atoms with Gasteiger partial charge in [-0.1, -0.05) is 17.7 Å². The molecule has 34 heavy (non-hydrogen) atoms. The van der Waals surface area contributed by atoms with Crippen LogP contribution in [0.2, 0.25) is 5.02 Å². The predicted octanol–water partition coefficient (Wildman–Crippen LogP) is 0.241. The van der Waals surface area contributed by atoms with Crippen molar-refractivity contribution in [3.63, 3.8) is 0 Å². The van der Waals surface area contributed by atoms with Crippen LogP contribution in [0.25, 0.3) is 0 Å². The summed E-state index contributed by atoms with van der Waals surface area (Å²) in [5, 5.41) is 21.1. The van der Waals surface area contributed by atoms with Gasteiger partial charge in [-0.25, -0.2) is 18.1 Å². The summed E-state index contributed by atoms with van der Waals surface area (Å²) in [5.41, 5.74) is 0. The molecule has 0 radical (unpaired) electrons. The Hall–Kier alpha value is -2.28. The van der Waals surface area contributed by atoms with Gasteiger partial charge in [0.2, 0.25) is 15.9 Å². The lowest BCUT2D eigenvalue weighted by atomic mass is 10.0. The largest absolute Gasteiger partial charge is 0.388 e. The quantitative estimate of drug-likeness (QED) is 0.482. The first-order valence-corrected chi connectivity index (χ1v) is 12.8. The number of aromatic nitrogens is 1. The Labute approximate surface area is 203 Å². The molecular weight excluding hydrogens is 484 g/mol. The number of anilines is 1. The fourth-order valence-electron chi connectivity index (χ4n) is 4.08. The number of hydrogen-bond donors (Lipinski definition) is 3. The van der Waals surface area contributed by atoms with Gasteiger partial charge in [0.15, 0.2) is 0 Å². The number of piperazine rings is 1. The molecule has 10 nitrogen and oxygen atoms in total. The topological polar surface area (TPSA) is 132 Å². The van der Waals surface area contributed by atoms with Crippen molar-refractivity contribution in [3.8, 4) is 0 Å². The number of carbonyl (C=O) groups excluding carboxylic acids is 1. The Kier molecular flexibility index (Phi) is 7.70. The lowest BCUT2D eigenvalue weighted by Gasteiger charge is -2.36. The predicted molar refractivity (Wildman–Crippen MR) is 125 cm³/mol. The van der Waals surface area contributed by atoms with Crippen molar-refractivity contribution < 1.29 is 28.2 Å². The highest BCUT2D eigenvalue weighted by molar-refractivity contribution is 7.89. The number of aliphatic hydroxyl groups is 2. The van der Waals surface area contributed by atoms with Crippen molar-refractivity contribution in [2.45, 2.75) is 35.7 Å². The highest BCUT2D eigenvalue weighted by atomic mass is 35.5. The molecule has 4 rings (SSSR count). The van der Waals surface area contributed by atoms with E-state index in [4.69, 9.17) is 16.3 Å². The third kappa shape index (κ3) is 5.68. The van der Waals surface area contributed by atoms with E-state index in [0.29, 0.717) is 31.2 Å². The second-order valence-corrected chi connectivity index (χ2v) is 10.5. The summed E-state index contributed by atoms with van der Waals surface area (Å²) in [4.78, 5) is 20.9. The van der Waals surface area contributed by atoms with Gasteiger partial charge in [0, 0.05) is 43.9 Å². The van der Waals surface area contributed by atoms with E-state index in [0.717, 1.165) is 5.82 Å². The maximum absolute atomic E-state index is 12.8. The zero-order valence-corrected chi connectivity index (χ0v) is 19.9. The van der Waals surface area contributed by atoms with Crippen molar-refractivity contribution in [1.82, 2.24) is 14.6 Å². The number of hydrogen-bond acceptors (Lipinski definition) is 8. The Bertz CT molecular complexity index is 1080. The zero-order valence-electron chi connectivity index (χ0n) is 18.3. The SMILES string of the molecule is O=C(CC1OC(CNS(=O)(=O)c2ccc(Cl)cc2)C(O)C1O)N1CCN(c2ccccn2)CC1. The number of ether oxygens (including phenoxy) is 1. The van der Waals surface area contributed by atoms with Crippen molar-refractivity contribution in [2.75, 3.05) is 37.6 Å². The van der Waals surface area contributed by atoms with Gasteiger partial charge in [-0.15, -0.1) is 0 Å². The van der Waals surface area contributed by atoms with E-state index >= 15 is 0 Å². The van der Waals surface area contributed by atoms with Gasteiger partial charge in [-0.2, -0.15) is 0 Å². The Balaban J connectivity index is 1.28. The number of pyridine rings is 1. The van der Waals surface area contributed by atoms with Crippen LogP contribution in [0, 0.1) is 0 Å². The molecule has 0 aliphatic carbocycles. The van der Waals surface area contributed by atoms with Gasteiger partial charge in [0.1, 0.15) is 24.1 Å². The molecule has 4 atom stereocenters. The van der Waals surface area contributed by atoms with Crippen molar-refractivity contribution in [1.29, 1.82) is 0 Å². The molecular formula is C22H27ClN4O6S. The number of carbonyl (C=O) groups is 1. The minimum Gasteiger partial charge on any atom is -0.388 e. The molecule has 4 unspecified atom stereocenters. The van der Waals surface area contributed by atoms with E-state index in [1.165, 1.54) is 24.3 Å². The fourth-order valence-corrected chi connectivity index (χ4v) is 5.25.